The zero-order valence-corrected chi connectivity index (χ0v) is 11.7. The molecule has 0 atom stereocenters. The maximum absolute atomic E-state index is 13.8. The summed E-state index contributed by atoms with van der Waals surface area (Å²) in [5.41, 5.74) is 7.05. The highest BCUT2D eigenvalue weighted by molar-refractivity contribution is 14.1. The van der Waals surface area contributed by atoms with Gasteiger partial charge in [-0.05, 0) is 40.8 Å². The second-order valence-corrected chi connectivity index (χ2v) is 5.17. The van der Waals surface area contributed by atoms with Crippen molar-refractivity contribution in [3.05, 3.63) is 51.6 Å². The predicted octanol–water partition coefficient (Wildman–Crippen LogP) is 3.49. The molecular weight excluding hydrogens is 363 g/mol. The van der Waals surface area contributed by atoms with E-state index >= 15 is 0 Å². The molecule has 1 heterocycles. The molecule has 1 aromatic heterocycles. The van der Waals surface area contributed by atoms with Crippen LogP contribution < -0.4 is 5.73 Å². The molecule has 0 fully saturated rings. The van der Waals surface area contributed by atoms with E-state index in [0.717, 1.165) is 0 Å². The first kappa shape index (κ1) is 12.3. The number of imidazole rings is 1. The van der Waals surface area contributed by atoms with Gasteiger partial charge in [-0.1, -0.05) is 12.1 Å². The van der Waals surface area contributed by atoms with Crippen LogP contribution in [0.1, 0.15) is 0 Å². The summed E-state index contributed by atoms with van der Waals surface area (Å²) < 4.78 is 29.4. The van der Waals surface area contributed by atoms with Crippen molar-refractivity contribution < 1.29 is 8.78 Å². The standard InChI is InChI=1S/C13H8F2IN3/c14-7-3-1-2-4-11(7)19-12-5-8(15)9(16)6-10(12)18-13(19)17/h1-6H,(H2,17,18). The highest BCUT2D eigenvalue weighted by Crippen LogP contribution is 2.27. The third-order valence-electron chi connectivity index (χ3n) is 2.82. The van der Waals surface area contributed by atoms with Gasteiger partial charge in [0.05, 0.1) is 20.3 Å². The van der Waals surface area contributed by atoms with Crippen LogP contribution in [-0.4, -0.2) is 9.55 Å². The summed E-state index contributed by atoms with van der Waals surface area (Å²) >= 11 is 1.88. The second kappa shape index (κ2) is 4.44. The minimum Gasteiger partial charge on any atom is -0.369 e. The number of aromatic nitrogens is 2. The molecule has 0 aliphatic carbocycles. The minimum absolute atomic E-state index is 0.126. The number of hydrogen-bond acceptors (Lipinski definition) is 2. The van der Waals surface area contributed by atoms with Gasteiger partial charge < -0.3 is 5.73 Å². The maximum atomic E-state index is 13.8. The molecular formula is C13H8F2IN3. The van der Waals surface area contributed by atoms with Gasteiger partial charge in [-0.2, -0.15) is 0 Å². The topological polar surface area (TPSA) is 43.8 Å². The highest BCUT2D eigenvalue weighted by atomic mass is 127. The van der Waals surface area contributed by atoms with Crippen molar-refractivity contribution in [1.29, 1.82) is 0 Å². The molecule has 3 rings (SSSR count). The van der Waals surface area contributed by atoms with E-state index in [-0.39, 0.29) is 17.5 Å². The van der Waals surface area contributed by atoms with Crippen LogP contribution in [0.3, 0.4) is 0 Å². The number of nitrogens with zero attached hydrogens (tertiary/aromatic N) is 2. The summed E-state index contributed by atoms with van der Waals surface area (Å²) in [4.78, 5) is 4.14. The molecule has 3 aromatic rings. The molecule has 0 aliphatic rings. The number of halogens is 3. The molecule has 2 aromatic carbocycles. The van der Waals surface area contributed by atoms with Crippen LogP contribution in [0.25, 0.3) is 16.7 Å². The van der Waals surface area contributed by atoms with Crippen molar-refractivity contribution in [2.75, 3.05) is 5.73 Å². The summed E-state index contributed by atoms with van der Waals surface area (Å²) in [6.07, 6.45) is 0. The number of nitrogens with two attached hydrogens (primary N) is 1. The van der Waals surface area contributed by atoms with Crippen LogP contribution >= 0.6 is 22.6 Å². The molecule has 6 heteroatoms. The number of benzene rings is 2. The molecule has 96 valence electrons. The molecule has 0 spiro atoms. The van der Waals surface area contributed by atoms with Gasteiger partial charge in [-0.3, -0.25) is 4.57 Å². The largest absolute Gasteiger partial charge is 0.369 e. The Morgan fingerprint density at radius 2 is 1.84 bits per heavy atom. The van der Waals surface area contributed by atoms with Crippen LogP contribution in [0.2, 0.25) is 0 Å². The Bertz CT molecular complexity index is 783. The molecule has 2 N–H and O–H groups in total. The van der Waals surface area contributed by atoms with Gasteiger partial charge in [0.1, 0.15) is 11.6 Å². The van der Waals surface area contributed by atoms with Crippen LogP contribution in [0.5, 0.6) is 0 Å². The van der Waals surface area contributed by atoms with E-state index in [4.69, 9.17) is 5.73 Å². The Balaban J connectivity index is 2.38. The van der Waals surface area contributed by atoms with Gasteiger partial charge in [-0.15, -0.1) is 0 Å². The minimum atomic E-state index is -0.438. The number of anilines is 1. The number of fused-ring (bicyclic) bond motifs is 1. The van der Waals surface area contributed by atoms with Crippen molar-refractivity contribution in [2.45, 2.75) is 0 Å². The lowest BCUT2D eigenvalue weighted by Crippen LogP contribution is -2.02. The van der Waals surface area contributed by atoms with E-state index in [1.165, 1.54) is 16.7 Å². The smallest absolute Gasteiger partial charge is 0.206 e. The van der Waals surface area contributed by atoms with Crippen LogP contribution in [0.15, 0.2) is 36.4 Å². The lowest BCUT2D eigenvalue weighted by molar-refractivity contribution is 0.617. The Hall–Kier alpha value is -1.70. The summed E-state index contributed by atoms with van der Waals surface area (Å²) in [6.45, 7) is 0. The molecule has 0 amide bonds. The van der Waals surface area contributed by atoms with Crippen molar-refractivity contribution in [3.8, 4) is 5.69 Å². The molecule has 19 heavy (non-hydrogen) atoms. The van der Waals surface area contributed by atoms with E-state index in [1.54, 1.807) is 24.3 Å². The first-order chi connectivity index (χ1) is 9.08. The molecule has 0 unspecified atom stereocenters. The third-order valence-corrected chi connectivity index (χ3v) is 3.64. The van der Waals surface area contributed by atoms with Gasteiger partial charge in [0, 0.05) is 6.07 Å². The summed E-state index contributed by atoms with van der Waals surface area (Å²) in [6, 6.07) is 9.06. The Morgan fingerprint density at radius 1 is 1.11 bits per heavy atom. The highest BCUT2D eigenvalue weighted by Gasteiger charge is 2.15. The van der Waals surface area contributed by atoms with E-state index < -0.39 is 5.82 Å². The van der Waals surface area contributed by atoms with E-state index in [1.807, 2.05) is 22.6 Å². The monoisotopic (exact) mass is 371 g/mol. The summed E-state index contributed by atoms with van der Waals surface area (Å²) in [5.74, 6) is -0.695. The average molecular weight is 371 g/mol. The molecule has 0 saturated carbocycles. The van der Waals surface area contributed by atoms with Gasteiger partial charge in [0.25, 0.3) is 0 Å². The van der Waals surface area contributed by atoms with E-state index in [0.29, 0.717) is 14.6 Å². The van der Waals surface area contributed by atoms with Crippen molar-refractivity contribution >= 4 is 39.6 Å². The van der Waals surface area contributed by atoms with Gasteiger partial charge >= 0.3 is 0 Å². The van der Waals surface area contributed by atoms with Crippen molar-refractivity contribution in [3.63, 3.8) is 0 Å². The second-order valence-electron chi connectivity index (χ2n) is 4.01. The van der Waals surface area contributed by atoms with Gasteiger partial charge in [0.2, 0.25) is 5.95 Å². The first-order valence-corrected chi connectivity index (χ1v) is 6.53. The molecule has 0 aliphatic heterocycles. The molecule has 0 saturated heterocycles. The number of hydrogen-bond donors (Lipinski definition) is 1. The summed E-state index contributed by atoms with van der Waals surface area (Å²) in [7, 11) is 0. The zero-order valence-electron chi connectivity index (χ0n) is 9.57. The SMILES string of the molecule is Nc1nc2cc(I)c(F)cc2n1-c1ccccc1F. The Labute approximate surface area is 121 Å². The van der Waals surface area contributed by atoms with Crippen LogP contribution in [0, 0.1) is 15.2 Å². The predicted molar refractivity (Wildman–Crippen MR) is 78.1 cm³/mol. The Kier molecular flexibility index (Phi) is 2.89. The number of rotatable bonds is 1. The summed E-state index contributed by atoms with van der Waals surface area (Å²) in [5, 5.41) is 0. The normalized spacial score (nSPS) is 11.1. The van der Waals surface area contributed by atoms with Crippen molar-refractivity contribution in [2.24, 2.45) is 0 Å². The Morgan fingerprint density at radius 3 is 2.58 bits per heavy atom. The molecule has 3 nitrogen and oxygen atoms in total. The van der Waals surface area contributed by atoms with Crippen LogP contribution in [0.4, 0.5) is 14.7 Å². The van der Waals surface area contributed by atoms with Gasteiger partial charge in [-0.25, -0.2) is 13.8 Å². The van der Waals surface area contributed by atoms with E-state index in [9.17, 15) is 8.78 Å². The lowest BCUT2D eigenvalue weighted by Gasteiger charge is -2.07. The first-order valence-electron chi connectivity index (χ1n) is 5.46. The average Bonchev–Trinajstić information content (AvgIpc) is 2.66. The quantitative estimate of drug-likeness (QED) is 0.666. The van der Waals surface area contributed by atoms with Gasteiger partial charge in [0.15, 0.2) is 0 Å². The number of nitrogen functional groups attached to an aromatic ring is 1. The third kappa shape index (κ3) is 1.95. The number of para-hydroxylation sites is 1. The lowest BCUT2D eigenvalue weighted by atomic mass is 10.2. The fourth-order valence-electron chi connectivity index (χ4n) is 1.98. The molecule has 0 bridgehead atoms. The van der Waals surface area contributed by atoms with Crippen LogP contribution in [-0.2, 0) is 0 Å². The van der Waals surface area contributed by atoms with E-state index in [2.05, 4.69) is 4.98 Å². The maximum Gasteiger partial charge on any atom is 0.206 e. The zero-order chi connectivity index (χ0) is 13.6. The fraction of sp³-hybridized carbons (Fsp3) is 0. The molecule has 0 radical (unpaired) electrons. The van der Waals surface area contributed by atoms with Crippen molar-refractivity contribution in [1.82, 2.24) is 9.55 Å². The fourth-order valence-corrected chi connectivity index (χ4v) is 2.43.